The minimum atomic E-state index is 0. The maximum absolute atomic E-state index is 12.2. The van der Waals surface area contributed by atoms with Gasteiger partial charge in [-0.1, -0.05) is 17.7 Å². The lowest BCUT2D eigenvalue weighted by Gasteiger charge is -2.18. The van der Waals surface area contributed by atoms with Crippen LogP contribution in [0.15, 0.2) is 24.3 Å². The van der Waals surface area contributed by atoms with Crippen LogP contribution in [0.3, 0.4) is 0 Å². The van der Waals surface area contributed by atoms with E-state index in [0.717, 1.165) is 19.5 Å². The van der Waals surface area contributed by atoms with Gasteiger partial charge in [-0.2, -0.15) is 0 Å². The van der Waals surface area contributed by atoms with Crippen molar-refractivity contribution in [3.05, 3.63) is 34.9 Å². The molecule has 3 nitrogen and oxygen atoms in total. The van der Waals surface area contributed by atoms with Gasteiger partial charge in [-0.15, -0.1) is 12.4 Å². The second kappa shape index (κ2) is 6.41. The zero-order valence-electron chi connectivity index (χ0n) is 10.3. The molecule has 0 bridgehead atoms. The van der Waals surface area contributed by atoms with Gasteiger partial charge < -0.3 is 10.6 Å². The molecule has 2 atom stereocenters. The maximum atomic E-state index is 12.2. The topological polar surface area (TPSA) is 46.3 Å². The second-order valence-electron chi connectivity index (χ2n) is 4.67. The van der Waals surface area contributed by atoms with E-state index >= 15 is 0 Å². The number of carbonyl (C=O) groups excluding carboxylic acids is 1. The Bertz CT molecular complexity index is 423. The molecule has 1 saturated heterocycles. The highest BCUT2D eigenvalue weighted by molar-refractivity contribution is 6.30. The van der Waals surface area contributed by atoms with Gasteiger partial charge in [-0.3, -0.25) is 4.79 Å². The predicted octanol–water partition coefficient (Wildman–Crippen LogP) is 2.57. The number of halogens is 2. The van der Waals surface area contributed by atoms with E-state index in [1.54, 1.807) is 24.3 Å². The third-order valence-corrected chi connectivity index (χ3v) is 3.56. The third kappa shape index (κ3) is 3.37. The molecule has 1 fully saturated rings. The van der Waals surface area contributed by atoms with Crippen LogP contribution in [-0.2, 0) is 0 Å². The molecule has 1 aliphatic rings. The van der Waals surface area contributed by atoms with Crippen LogP contribution >= 0.6 is 24.0 Å². The lowest BCUT2D eigenvalue weighted by Crippen LogP contribution is -2.32. The summed E-state index contributed by atoms with van der Waals surface area (Å²) in [6.07, 6.45) is 0.990. The first-order chi connectivity index (χ1) is 8.08. The molecule has 0 radical (unpaired) electrons. The minimum absolute atomic E-state index is 0. The van der Waals surface area contributed by atoms with E-state index in [2.05, 4.69) is 0 Å². The van der Waals surface area contributed by atoms with E-state index in [1.807, 2.05) is 11.8 Å². The Balaban J connectivity index is 0.00000162. The summed E-state index contributed by atoms with van der Waals surface area (Å²) in [5.74, 6) is 0.466. The molecule has 1 amide bonds. The molecule has 0 spiro atoms. The molecule has 1 aromatic rings. The fraction of sp³-hybridized carbons (Fsp3) is 0.462. The van der Waals surface area contributed by atoms with Gasteiger partial charge in [-0.25, -0.2) is 0 Å². The summed E-state index contributed by atoms with van der Waals surface area (Å²) in [6.45, 7) is 3.54. The summed E-state index contributed by atoms with van der Waals surface area (Å²) in [4.78, 5) is 14.1. The summed E-state index contributed by atoms with van der Waals surface area (Å²) in [7, 11) is 0. The van der Waals surface area contributed by atoms with E-state index in [1.165, 1.54) is 0 Å². The highest BCUT2D eigenvalue weighted by Gasteiger charge is 2.28. The number of likely N-dealkylation sites (tertiary alicyclic amines) is 1. The van der Waals surface area contributed by atoms with Crippen molar-refractivity contribution in [3.8, 4) is 0 Å². The molecule has 0 aromatic heterocycles. The summed E-state index contributed by atoms with van der Waals surface area (Å²) in [5.41, 5.74) is 6.52. The fourth-order valence-corrected chi connectivity index (χ4v) is 2.40. The first-order valence-corrected chi connectivity index (χ1v) is 6.26. The first-order valence-electron chi connectivity index (χ1n) is 5.88. The Hall–Kier alpha value is -0.770. The lowest BCUT2D eigenvalue weighted by atomic mass is 10.0. The number of nitrogens with zero attached hydrogens (tertiary/aromatic N) is 1. The van der Waals surface area contributed by atoms with Crippen molar-refractivity contribution >= 4 is 29.9 Å². The molecule has 100 valence electrons. The van der Waals surface area contributed by atoms with Crippen molar-refractivity contribution in [3.63, 3.8) is 0 Å². The summed E-state index contributed by atoms with van der Waals surface area (Å²) in [6, 6.07) is 7.23. The highest BCUT2D eigenvalue weighted by Crippen LogP contribution is 2.21. The van der Waals surface area contributed by atoms with Crippen LogP contribution in [0.25, 0.3) is 0 Å². The Morgan fingerprint density at radius 3 is 2.83 bits per heavy atom. The van der Waals surface area contributed by atoms with Crippen LogP contribution in [0, 0.1) is 5.92 Å². The van der Waals surface area contributed by atoms with Crippen LogP contribution in [0.4, 0.5) is 0 Å². The van der Waals surface area contributed by atoms with Crippen molar-refractivity contribution < 1.29 is 4.79 Å². The molecular formula is C13H18Cl2N2O. The number of hydrogen-bond acceptors (Lipinski definition) is 2. The Kier molecular flexibility index (Phi) is 5.45. The molecule has 5 heteroatoms. The minimum Gasteiger partial charge on any atom is -0.338 e. The van der Waals surface area contributed by atoms with E-state index in [4.69, 9.17) is 17.3 Å². The molecule has 1 aliphatic heterocycles. The van der Waals surface area contributed by atoms with Crippen LogP contribution in [-0.4, -0.2) is 29.9 Å². The Morgan fingerprint density at radius 1 is 1.56 bits per heavy atom. The standard InChI is InChI=1S/C13H17ClN2O.ClH/c1-9(15)11-5-6-16(8-11)13(17)10-3-2-4-12(14)7-10;/h2-4,7,9,11H,5-6,8,15H2,1H3;1H. The summed E-state index contributed by atoms with van der Waals surface area (Å²) >= 11 is 5.88. The smallest absolute Gasteiger partial charge is 0.253 e. The number of nitrogens with two attached hydrogens (primary N) is 1. The van der Waals surface area contributed by atoms with E-state index in [-0.39, 0.29) is 24.4 Å². The molecule has 2 N–H and O–H groups in total. The van der Waals surface area contributed by atoms with Gasteiger partial charge in [0.1, 0.15) is 0 Å². The third-order valence-electron chi connectivity index (χ3n) is 3.33. The zero-order chi connectivity index (χ0) is 12.4. The average Bonchev–Trinajstić information content (AvgIpc) is 2.77. The van der Waals surface area contributed by atoms with Crippen molar-refractivity contribution in [2.45, 2.75) is 19.4 Å². The molecular weight excluding hydrogens is 271 g/mol. The van der Waals surface area contributed by atoms with Crippen molar-refractivity contribution in [2.24, 2.45) is 11.7 Å². The van der Waals surface area contributed by atoms with Crippen LogP contribution in [0.2, 0.25) is 5.02 Å². The summed E-state index contributed by atoms with van der Waals surface area (Å²) < 4.78 is 0. The SMILES string of the molecule is CC(N)C1CCN(C(=O)c2cccc(Cl)c2)C1.Cl. The average molecular weight is 289 g/mol. The van der Waals surface area contributed by atoms with Gasteiger partial charge in [0.2, 0.25) is 0 Å². The molecule has 1 heterocycles. The van der Waals surface area contributed by atoms with E-state index in [0.29, 0.717) is 16.5 Å². The molecule has 1 aromatic carbocycles. The van der Waals surface area contributed by atoms with Gasteiger partial charge in [0.15, 0.2) is 0 Å². The van der Waals surface area contributed by atoms with E-state index < -0.39 is 0 Å². The fourth-order valence-electron chi connectivity index (χ4n) is 2.21. The molecule has 18 heavy (non-hydrogen) atoms. The lowest BCUT2D eigenvalue weighted by molar-refractivity contribution is 0.0786. The highest BCUT2D eigenvalue weighted by atomic mass is 35.5. The Morgan fingerprint density at radius 2 is 2.28 bits per heavy atom. The number of amides is 1. The number of rotatable bonds is 2. The second-order valence-corrected chi connectivity index (χ2v) is 5.11. The van der Waals surface area contributed by atoms with Crippen molar-refractivity contribution in [2.75, 3.05) is 13.1 Å². The maximum Gasteiger partial charge on any atom is 0.253 e. The van der Waals surface area contributed by atoms with Crippen LogP contribution in [0.5, 0.6) is 0 Å². The van der Waals surface area contributed by atoms with E-state index in [9.17, 15) is 4.79 Å². The molecule has 0 saturated carbocycles. The number of hydrogen-bond donors (Lipinski definition) is 1. The first kappa shape index (κ1) is 15.3. The largest absolute Gasteiger partial charge is 0.338 e. The van der Waals surface area contributed by atoms with Gasteiger partial charge in [0.05, 0.1) is 0 Å². The summed E-state index contributed by atoms with van der Waals surface area (Å²) in [5, 5.41) is 0.596. The molecule has 0 aliphatic carbocycles. The van der Waals surface area contributed by atoms with Crippen molar-refractivity contribution in [1.29, 1.82) is 0 Å². The monoisotopic (exact) mass is 288 g/mol. The predicted molar refractivity (Wildman–Crippen MR) is 76.4 cm³/mol. The molecule has 2 rings (SSSR count). The quantitative estimate of drug-likeness (QED) is 0.909. The van der Waals surface area contributed by atoms with Gasteiger partial charge in [0, 0.05) is 29.7 Å². The van der Waals surface area contributed by atoms with Gasteiger partial charge >= 0.3 is 0 Å². The normalized spacial score (nSPS) is 20.4. The van der Waals surface area contributed by atoms with Crippen LogP contribution in [0.1, 0.15) is 23.7 Å². The van der Waals surface area contributed by atoms with Crippen LogP contribution < -0.4 is 5.73 Å². The zero-order valence-corrected chi connectivity index (χ0v) is 11.9. The Labute approximate surface area is 119 Å². The van der Waals surface area contributed by atoms with Gasteiger partial charge in [0.25, 0.3) is 5.91 Å². The molecule has 2 unspecified atom stereocenters. The van der Waals surface area contributed by atoms with Gasteiger partial charge in [-0.05, 0) is 37.5 Å². The van der Waals surface area contributed by atoms with Crippen molar-refractivity contribution in [1.82, 2.24) is 4.90 Å². The number of carbonyl (C=O) groups is 1. The number of benzene rings is 1.